The highest BCUT2D eigenvalue weighted by Crippen LogP contribution is 2.15. The van der Waals surface area contributed by atoms with Crippen LogP contribution in [0.15, 0.2) is 23.0 Å². The molecule has 0 aliphatic heterocycles. The predicted molar refractivity (Wildman–Crippen MR) is 99.1 cm³/mol. The Kier molecular flexibility index (Phi) is 7.99. The molecule has 23 heavy (non-hydrogen) atoms. The van der Waals surface area contributed by atoms with Gasteiger partial charge in [-0.05, 0) is 30.5 Å². The van der Waals surface area contributed by atoms with Crippen LogP contribution in [-0.4, -0.2) is 9.97 Å². The number of H-pyrrole nitrogens is 2. The Morgan fingerprint density at radius 3 is 1.96 bits per heavy atom. The van der Waals surface area contributed by atoms with Gasteiger partial charge >= 0.3 is 5.69 Å². The number of aryl methyl sites for hydroxylation is 1. The molecule has 0 saturated carbocycles. The van der Waals surface area contributed by atoms with Gasteiger partial charge in [0.1, 0.15) is 0 Å². The average molecular weight is 316 g/mol. The fourth-order valence-electron chi connectivity index (χ4n) is 3.23. The Labute approximate surface area is 139 Å². The van der Waals surface area contributed by atoms with Gasteiger partial charge in [0.2, 0.25) is 0 Å². The number of hydrogen-bond acceptors (Lipinski definition) is 1. The van der Waals surface area contributed by atoms with E-state index in [-0.39, 0.29) is 5.69 Å². The van der Waals surface area contributed by atoms with E-state index in [2.05, 4.69) is 29.0 Å². The summed E-state index contributed by atoms with van der Waals surface area (Å²) in [5.41, 5.74) is 3.03. The molecule has 2 N–H and O–H groups in total. The molecule has 3 nitrogen and oxygen atoms in total. The van der Waals surface area contributed by atoms with E-state index in [0.717, 1.165) is 17.5 Å². The van der Waals surface area contributed by atoms with E-state index >= 15 is 0 Å². The lowest BCUT2D eigenvalue weighted by Gasteiger charge is -2.03. The number of unbranched alkanes of at least 4 members (excludes halogenated alkanes) is 10. The van der Waals surface area contributed by atoms with Gasteiger partial charge in [-0.2, -0.15) is 0 Å². The number of aromatic nitrogens is 2. The molecule has 0 unspecified atom stereocenters. The quantitative estimate of drug-likeness (QED) is 0.484. The molecule has 1 heterocycles. The summed E-state index contributed by atoms with van der Waals surface area (Å²) < 4.78 is 0. The van der Waals surface area contributed by atoms with E-state index in [1.165, 1.54) is 76.2 Å². The van der Waals surface area contributed by atoms with E-state index in [0.29, 0.717) is 0 Å². The second kappa shape index (κ2) is 10.3. The fraction of sp³-hybridized carbons (Fsp3) is 0.650. The van der Waals surface area contributed by atoms with Gasteiger partial charge in [0.05, 0.1) is 11.0 Å². The van der Waals surface area contributed by atoms with Crippen LogP contribution in [0, 0.1) is 0 Å². The predicted octanol–water partition coefficient (Wildman–Crippen LogP) is 5.71. The highest BCUT2D eigenvalue weighted by atomic mass is 16.1. The zero-order valence-corrected chi connectivity index (χ0v) is 14.6. The second-order valence-corrected chi connectivity index (χ2v) is 6.74. The Balaban J connectivity index is 1.50. The number of rotatable bonds is 12. The standard InChI is InChI=1S/C20H32N2O/c1-2-3-4-5-6-7-8-9-10-11-12-13-17-14-15-18-19(16-17)22-20(23)21-18/h14-16H,2-13H2,1H3,(H2,21,22,23). The van der Waals surface area contributed by atoms with Crippen molar-refractivity contribution in [1.82, 2.24) is 9.97 Å². The van der Waals surface area contributed by atoms with E-state index in [4.69, 9.17) is 0 Å². The number of aromatic amines is 2. The monoisotopic (exact) mass is 316 g/mol. The second-order valence-electron chi connectivity index (χ2n) is 6.74. The normalized spacial score (nSPS) is 11.3. The first-order chi connectivity index (χ1) is 11.3. The van der Waals surface area contributed by atoms with Gasteiger partial charge in [-0.15, -0.1) is 0 Å². The summed E-state index contributed by atoms with van der Waals surface area (Å²) in [6.45, 7) is 2.27. The molecular weight excluding hydrogens is 284 g/mol. The molecule has 0 amide bonds. The van der Waals surface area contributed by atoms with Gasteiger partial charge in [-0.25, -0.2) is 4.79 Å². The Morgan fingerprint density at radius 2 is 1.30 bits per heavy atom. The number of nitrogens with one attached hydrogen (secondary N) is 2. The molecule has 0 atom stereocenters. The smallest absolute Gasteiger partial charge is 0.306 e. The van der Waals surface area contributed by atoms with Crippen molar-refractivity contribution < 1.29 is 0 Å². The highest BCUT2D eigenvalue weighted by molar-refractivity contribution is 5.74. The van der Waals surface area contributed by atoms with Gasteiger partial charge in [0.15, 0.2) is 0 Å². The summed E-state index contributed by atoms with van der Waals surface area (Å²) in [4.78, 5) is 16.9. The molecule has 0 bridgehead atoms. The molecule has 0 radical (unpaired) electrons. The SMILES string of the molecule is CCCCCCCCCCCCCc1ccc2[nH]c(=O)[nH]c2c1. The van der Waals surface area contributed by atoms with Gasteiger partial charge in [-0.3, -0.25) is 0 Å². The minimum atomic E-state index is -0.119. The molecule has 1 aromatic heterocycles. The average Bonchev–Trinajstić information content (AvgIpc) is 2.92. The summed E-state index contributed by atoms with van der Waals surface area (Å²) >= 11 is 0. The van der Waals surface area contributed by atoms with Crippen LogP contribution in [0.1, 0.15) is 83.1 Å². The van der Waals surface area contributed by atoms with Gasteiger partial charge < -0.3 is 9.97 Å². The van der Waals surface area contributed by atoms with Crippen LogP contribution < -0.4 is 5.69 Å². The van der Waals surface area contributed by atoms with E-state index in [1.807, 2.05) is 6.07 Å². The van der Waals surface area contributed by atoms with Crippen LogP contribution in [0.5, 0.6) is 0 Å². The highest BCUT2D eigenvalue weighted by Gasteiger charge is 2.00. The molecule has 0 fully saturated rings. The van der Waals surface area contributed by atoms with Crippen LogP contribution in [0.3, 0.4) is 0 Å². The maximum absolute atomic E-state index is 11.2. The van der Waals surface area contributed by atoms with Crippen LogP contribution in [0.25, 0.3) is 11.0 Å². The maximum Gasteiger partial charge on any atom is 0.323 e. The van der Waals surface area contributed by atoms with Crippen molar-refractivity contribution in [3.63, 3.8) is 0 Å². The van der Waals surface area contributed by atoms with Crippen molar-refractivity contribution in [1.29, 1.82) is 0 Å². The number of imidazole rings is 1. The Bertz CT molecular complexity index is 611. The largest absolute Gasteiger partial charge is 0.323 e. The molecule has 2 rings (SSSR count). The third kappa shape index (κ3) is 6.64. The van der Waals surface area contributed by atoms with Crippen molar-refractivity contribution in [2.75, 3.05) is 0 Å². The summed E-state index contributed by atoms with van der Waals surface area (Å²) in [7, 11) is 0. The minimum absolute atomic E-state index is 0.119. The van der Waals surface area contributed by atoms with Crippen molar-refractivity contribution in [3.05, 3.63) is 34.2 Å². The molecular formula is C20H32N2O. The lowest BCUT2D eigenvalue weighted by Crippen LogP contribution is -1.99. The van der Waals surface area contributed by atoms with Crippen molar-refractivity contribution in [2.24, 2.45) is 0 Å². The van der Waals surface area contributed by atoms with Crippen molar-refractivity contribution in [2.45, 2.75) is 84.0 Å². The molecule has 0 spiro atoms. The first kappa shape index (κ1) is 17.8. The van der Waals surface area contributed by atoms with Crippen LogP contribution in [0.2, 0.25) is 0 Å². The minimum Gasteiger partial charge on any atom is -0.306 e. The molecule has 0 saturated heterocycles. The fourth-order valence-corrected chi connectivity index (χ4v) is 3.23. The Morgan fingerprint density at radius 1 is 0.739 bits per heavy atom. The lowest BCUT2D eigenvalue weighted by molar-refractivity contribution is 0.549. The van der Waals surface area contributed by atoms with Gasteiger partial charge in [-0.1, -0.05) is 77.2 Å². The van der Waals surface area contributed by atoms with E-state index < -0.39 is 0 Å². The molecule has 0 aliphatic carbocycles. The van der Waals surface area contributed by atoms with Crippen LogP contribution >= 0.6 is 0 Å². The molecule has 0 aliphatic rings. The molecule has 3 heteroatoms. The van der Waals surface area contributed by atoms with E-state index in [9.17, 15) is 4.79 Å². The summed E-state index contributed by atoms with van der Waals surface area (Å²) in [5, 5.41) is 0. The third-order valence-electron chi connectivity index (χ3n) is 4.65. The third-order valence-corrected chi connectivity index (χ3v) is 4.65. The number of fused-ring (bicyclic) bond motifs is 1. The topological polar surface area (TPSA) is 48.6 Å². The van der Waals surface area contributed by atoms with Crippen molar-refractivity contribution >= 4 is 11.0 Å². The van der Waals surface area contributed by atoms with Crippen molar-refractivity contribution in [3.8, 4) is 0 Å². The number of hydrogen-bond donors (Lipinski definition) is 2. The summed E-state index contributed by atoms with van der Waals surface area (Å²) in [5.74, 6) is 0. The first-order valence-corrected chi connectivity index (χ1v) is 9.50. The molecule has 128 valence electrons. The van der Waals surface area contributed by atoms with Gasteiger partial charge in [0.25, 0.3) is 0 Å². The lowest BCUT2D eigenvalue weighted by atomic mass is 10.0. The zero-order valence-electron chi connectivity index (χ0n) is 14.6. The Hall–Kier alpha value is -1.51. The van der Waals surface area contributed by atoms with E-state index in [1.54, 1.807) is 0 Å². The summed E-state index contributed by atoms with van der Waals surface area (Å²) in [6, 6.07) is 6.23. The number of benzene rings is 1. The first-order valence-electron chi connectivity index (χ1n) is 9.50. The maximum atomic E-state index is 11.2. The van der Waals surface area contributed by atoms with Crippen LogP contribution in [-0.2, 0) is 6.42 Å². The zero-order chi connectivity index (χ0) is 16.3. The van der Waals surface area contributed by atoms with Gasteiger partial charge in [0, 0.05) is 0 Å². The molecule has 2 aromatic rings. The van der Waals surface area contributed by atoms with Crippen LogP contribution in [0.4, 0.5) is 0 Å². The molecule has 1 aromatic carbocycles. The summed E-state index contributed by atoms with van der Waals surface area (Å²) in [6.07, 6.45) is 16.3.